The molecule has 0 saturated heterocycles. The van der Waals surface area contributed by atoms with Crippen molar-refractivity contribution >= 4 is 35.0 Å². The summed E-state index contributed by atoms with van der Waals surface area (Å²) in [5, 5.41) is 5.35. The Kier molecular flexibility index (Phi) is 5.55. The van der Waals surface area contributed by atoms with E-state index < -0.39 is 0 Å². The second kappa shape index (κ2) is 7.61. The van der Waals surface area contributed by atoms with E-state index >= 15 is 0 Å². The first-order valence-corrected chi connectivity index (χ1v) is 7.58. The van der Waals surface area contributed by atoms with Crippen LogP contribution in [0.3, 0.4) is 0 Å². The smallest absolute Gasteiger partial charge is 0.234 e. The number of rotatable bonds is 5. The van der Waals surface area contributed by atoms with Gasteiger partial charge in [-0.1, -0.05) is 18.2 Å². The number of carbonyl (C=O) groups excluding carboxylic acids is 2. The molecule has 0 bridgehead atoms. The topological polar surface area (TPSA) is 58.2 Å². The van der Waals surface area contributed by atoms with Crippen molar-refractivity contribution in [1.29, 1.82) is 0 Å². The lowest BCUT2D eigenvalue weighted by atomic mass is 10.2. The lowest BCUT2D eigenvalue weighted by Gasteiger charge is -2.08. The highest BCUT2D eigenvalue weighted by Gasteiger charge is 2.07. The Morgan fingerprint density at radius 3 is 2.41 bits per heavy atom. The van der Waals surface area contributed by atoms with E-state index in [9.17, 15) is 14.0 Å². The van der Waals surface area contributed by atoms with Crippen LogP contribution in [0.25, 0.3) is 0 Å². The number of halogens is 1. The number of amides is 2. The fourth-order valence-electron chi connectivity index (χ4n) is 1.78. The van der Waals surface area contributed by atoms with Crippen molar-refractivity contribution in [2.45, 2.75) is 11.8 Å². The van der Waals surface area contributed by atoms with E-state index in [-0.39, 0.29) is 23.4 Å². The van der Waals surface area contributed by atoms with Crippen molar-refractivity contribution < 1.29 is 14.0 Å². The molecule has 0 radical (unpaired) electrons. The maximum Gasteiger partial charge on any atom is 0.234 e. The minimum absolute atomic E-state index is 0.102. The van der Waals surface area contributed by atoms with Crippen molar-refractivity contribution in [2.75, 3.05) is 16.4 Å². The summed E-state index contributed by atoms with van der Waals surface area (Å²) in [5.41, 5.74) is 1.18. The predicted octanol–water partition coefficient (Wildman–Crippen LogP) is 3.51. The van der Waals surface area contributed by atoms with Gasteiger partial charge in [-0.25, -0.2) is 4.39 Å². The normalized spacial score (nSPS) is 10.1. The molecule has 6 heteroatoms. The van der Waals surface area contributed by atoms with Crippen LogP contribution in [0.15, 0.2) is 53.4 Å². The summed E-state index contributed by atoms with van der Waals surface area (Å²) in [4.78, 5) is 23.3. The molecule has 0 spiro atoms. The summed E-state index contributed by atoms with van der Waals surface area (Å²) in [5.74, 6) is -0.662. The van der Waals surface area contributed by atoms with Crippen LogP contribution in [0, 0.1) is 5.82 Å². The highest BCUT2D eigenvalue weighted by molar-refractivity contribution is 8.00. The van der Waals surface area contributed by atoms with Crippen molar-refractivity contribution in [3.8, 4) is 0 Å². The molecule has 0 aliphatic carbocycles. The number of anilines is 2. The molecule has 0 atom stereocenters. The number of hydrogen-bond donors (Lipinski definition) is 2. The van der Waals surface area contributed by atoms with Gasteiger partial charge in [0.05, 0.1) is 5.75 Å². The fraction of sp³-hybridized carbons (Fsp3) is 0.125. The molecule has 2 N–H and O–H groups in total. The summed E-state index contributed by atoms with van der Waals surface area (Å²) >= 11 is 1.13. The van der Waals surface area contributed by atoms with E-state index in [2.05, 4.69) is 10.6 Å². The first kappa shape index (κ1) is 16.0. The van der Waals surface area contributed by atoms with E-state index in [1.807, 2.05) is 0 Å². The molecule has 2 aromatic carbocycles. The molecule has 2 rings (SSSR count). The van der Waals surface area contributed by atoms with Crippen LogP contribution in [0.2, 0.25) is 0 Å². The van der Waals surface area contributed by atoms with Crippen LogP contribution in [0.1, 0.15) is 6.92 Å². The van der Waals surface area contributed by atoms with Gasteiger partial charge in [-0.15, -0.1) is 11.8 Å². The average molecular weight is 318 g/mol. The molecule has 0 saturated carbocycles. The van der Waals surface area contributed by atoms with Gasteiger partial charge >= 0.3 is 0 Å². The van der Waals surface area contributed by atoms with Crippen LogP contribution in [0.4, 0.5) is 15.8 Å². The molecule has 2 amide bonds. The Bertz CT molecular complexity index is 691. The maximum atomic E-state index is 13.4. The van der Waals surface area contributed by atoms with E-state index in [0.717, 1.165) is 11.8 Å². The number of thioether (sulfide) groups is 1. The zero-order chi connectivity index (χ0) is 15.9. The van der Waals surface area contributed by atoms with Gasteiger partial charge in [0.15, 0.2) is 0 Å². The van der Waals surface area contributed by atoms with Gasteiger partial charge in [0, 0.05) is 23.2 Å². The highest BCUT2D eigenvalue weighted by atomic mass is 32.2. The third-order valence-corrected chi connectivity index (χ3v) is 3.71. The van der Waals surface area contributed by atoms with Crippen LogP contribution < -0.4 is 10.6 Å². The Morgan fingerprint density at radius 1 is 1.05 bits per heavy atom. The zero-order valence-electron chi connectivity index (χ0n) is 11.9. The minimum Gasteiger partial charge on any atom is -0.326 e. The van der Waals surface area contributed by atoms with Gasteiger partial charge in [-0.2, -0.15) is 0 Å². The molecular formula is C16H15FN2O2S. The van der Waals surface area contributed by atoms with Crippen LogP contribution in [0.5, 0.6) is 0 Å². The molecular weight excluding hydrogens is 303 g/mol. The largest absolute Gasteiger partial charge is 0.326 e. The SMILES string of the molecule is CC(=O)Nc1cccc(NC(=O)CSc2ccccc2F)c1. The van der Waals surface area contributed by atoms with Crippen LogP contribution >= 0.6 is 11.8 Å². The second-order valence-corrected chi connectivity index (χ2v) is 5.55. The van der Waals surface area contributed by atoms with Crippen molar-refractivity contribution in [2.24, 2.45) is 0 Å². The Balaban J connectivity index is 1.92. The quantitative estimate of drug-likeness (QED) is 0.829. The van der Waals surface area contributed by atoms with Crippen molar-refractivity contribution in [3.05, 3.63) is 54.3 Å². The summed E-state index contributed by atoms with van der Waals surface area (Å²) in [7, 11) is 0. The molecule has 0 aliphatic rings. The molecule has 114 valence electrons. The van der Waals surface area contributed by atoms with Gasteiger partial charge in [0.2, 0.25) is 11.8 Å². The van der Waals surface area contributed by atoms with Gasteiger partial charge < -0.3 is 10.6 Å². The molecule has 2 aromatic rings. The molecule has 0 heterocycles. The van der Waals surface area contributed by atoms with Gasteiger partial charge in [0.25, 0.3) is 0 Å². The molecule has 0 fully saturated rings. The van der Waals surface area contributed by atoms with Crippen molar-refractivity contribution in [1.82, 2.24) is 0 Å². The van der Waals surface area contributed by atoms with E-state index in [0.29, 0.717) is 16.3 Å². The zero-order valence-corrected chi connectivity index (χ0v) is 12.7. The van der Waals surface area contributed by atoms with E-state index in [1.165, 1.54) is 13.0 Å². The molecule has 4 nitrogen and oxygen atoms in total. The molecule has 0 aliphatic heterocycles. The molecule has 0 aromatic heterocycles. The third kappa shape index (κ3) is 4.89. The van der Waals surface area contributed by atoms with Crippen molar-refractivity contribution in [3.63, 3.8) is 0 Å². The highest BCUT2D eigenvalue weighted by Crippen LogP contribution is 2.21. The summed E-state index contributed by atoms with van der Waals surface area (Å²) in [6.07, 6.45) is 0. The summed E-state index contributed by atoms with van der Waals surface area (Å²) < 4.78 is 13.4. The number of hydrogen-bond acceptors (Lipinski definition) is 3. The van der Waals surface area contributed by atoms with Crippen LogP contribution in [-0.2, 0) is 9.59 Å². The van der Waals surface area contributed by atoms with Gasteiger partial charge in [-0.3, -0.25) is 9.59 Å². The lowest BCUT2D eigenvalue weighted by Crippen LogP contribution is -2.14. The summed E-state index contributed by atoms with van der Waals surface area (Å²) in [6, 6.07) is 13.1. The Hall–Kier alpha value is -2.34. The Labute approximate surface area is 132 Å². The second-order valence-electron chi connectivity index (χ2n) is 4.53. The standard InChI is InChI=1S/C16H15FN2O2S/c1-11(20)18-12-5-4-6-13(9-12)19-16(21)10-22-15-8-3-2-7-14(15)17/h2-9H,10H2,1H3,(H,18,20)(H,19,21). The molecule has 0 unspecified atom stereocenters. The van der Waals surface area contributed by atoms with Crippen LogP contribution in [-0.4, -0.2) is 17.6 Å². The monoisotopic (exact) mass is 318 g/mol. The van der Waals surface area contributed by atoms with Gasteiger partial charge in [0.1, 0.15) is 5.82 Å². The number of nitrogens with one attached hydrogen (secondary N) is 2. The number of benzene rings is 2. The fourth-order valence-corrected chi connectivity index (χ4v) is 2.52. The first-order chi connectivity index (χ1) is 10.5. The van der Waals surface area contributed by atoms with E-state index in [1.54, 1.807) is 42.5 Å². The number of carbonyl (C=O) groups is 2. The average Bonchev–Trinajstić information content (AvgIpc) is 2.46. The summed E-state index contributed by atoms with van der Waals surface area (Å²) in [6.45, 7) is 1.41. The first-order valence-electron chi connectivity index (χ1n) is 6.59. The maximum absolute atomic E-state index is 13.4. The van der Waals surface area contributed by atoms with Gasteiger partial charge in [-0.05, 0) is 30.3 Å². The van der Waals surface area contributed by atoms with E-state index in [4.69, 9.17) is 0 Å². The third-order valence-electron chi connectivity index (χ3n) is 2.66. The minimum atomic E-state index is -0.340. The predicted molar refractivity (Wildman–Crippen MR) is 86.5 cm³/mol. The Morgan fingerprint density at radius 2 is 1.73 bits per heavy atom. The lowest BCUT2D eigenvalue weighted by molar-refractivity contribution is -0.114. The molecule has 22 heavy (non-hydrogen) atoms.